The second-order valence-electron chi connectivity index (χ2n) is 5.16. The molecule has 0 bridgehead atoms. The van der Waals surface area contributed by atoms with Gasteiger partial charge >= 0.3 is 0 Å². The van der Waals surface area contributed by atoms with E-state index in [1.165, 1.54) is 12.1 Å². The van der Waals surface area contributed by atoms with E-state index < -0.39 is 5.82 Å². The number of hydrogen-bond acceptors (Lipinski definition) is 2. The van der Waals surface area contributed by atoms with Crippen LogP contribution in [0.25, 0.3) is 0 Å². The van der Waals surface area contributed by atoms with Crippen LogP contribution in [0.1, 0.15) is 30.1 Å². The van der Waals surface area contributed by atoms with Gasteiger partial charge in [-0.05, 0) is 50.9 Å². The average Bonchev–Trinajstić information content (AvgIpc) is 2.48. The molecule has 1 fully saturated rings. The number of carbonyl (C=O) groups excluding carboxylic acids is 1. The summed E-state index contributed by atoms with van der Waals surface area (Å²) in [6.45, 7) is 5.20. The van der Waals surface area contributed by atoms with Crippen LogP contribution in [0.15, 0.2) is 18.2 Å². The third-order valence-electron chi connectivity index (χ3n) is 3.73. The Labute approximate surface area is 124 Å². The minimum Gasteiger partial charge on any atom is -0.339 e. The first-order valence-electron chi connectivity index (χ1n) is 7.07. The molecule has 0 radical (unpaired) electrons. The molecule has 1 amide bonds. The van der Waals surface area contributed by atoms with Crippen molar-refractivity contribution in [1.29, 1.82) is 0 Å². The van der Waals surface area contributed by atoms with Gasteiger partial charge in [0.25, 0.3) is 5.91 Å². The molecule has 0 aliphatic carbocycles. The van der Waals surface area contributed by atoms with Gasteiger partial charge in [0.2, 0.25) is 0 Å². The Kier molecular flexibility index (Phi) is 5.38. The zero-order valence-electron chi connectivity index (χ0n) is 11.7. The predicted octanol–water partition coefficient (Wildman–Crippen LogP) is 2.94. The van der Waals surface area contributed by atoms with Gasteiger partial charge in [-0.3, -0.25) is 4.79 Å². The van der Waals surface area contributed by atoms with Gasteiger partial charge in [0.1, 0.15) is 5.82 Å². The number of rotatable bonds is 4. The van der Waals surface area contributed by atoms with E-state index in [-0.39, 0.29) is 16.5 Å². The van der Waals surface area contributed by atoms with Crippen molar-refractivity contribution >= 4 is 17.5 Å². The number of piperidine rings is 1. The molecular weight excluding hydrogens is 279 g/mol. The van der Waals surface area contributed by atoms with E-state index in [0.29, 0.717) is 19.0 Å². The summed E-state index contributed by atoms with van der Waals surface area (Å²) in [6, 6.07) is 4.36. The van der Waals surface area contributed by atoms with Crippen molar-refractivity contribution in [3.05, 3.63) is 34.6 Å². The maximum absolute atomic E-state index is 13.5. The standard InChI is InChI=1S/C15H20ClFN2O/c1-2-19(10-11-5-4-8-18-9-11)15(20)12-6-3-7-13(17)14(12)16/h3,6-7,11,18H,2,4-5,8-10H2,1H3. The van der Waals surface area contributed by atoms with Crippen LogP contribution in [-0.4, -0.2) is 37.0 Å². The first-order chi connectivity index (χ1) is 9.63. The number of nitrogens with one attached hydrogen (secondary N) is 1. The molecule has 2 rings (SSSR count). The number of hydrogen-bond donors (Lipinski definition) is 1. The minimum atomic E-state index is -0.548. The Balaban J connectivity index is 2.10. The third kappa shape index (κ3) is 3.49. The molecule has 1 aromatic rings. The summed E-state index contributed by atoms with van der Waals surface area (Å²) in [5, 5.41) is 3.25. The van der Waals surface area contributed by atoms with Crippen LogP contribution in [-0.2, 0) is 0 Å². The zero-order valence-corrected chi connectivity index (χ0v) is 12.4. The largest absolute Gasteiger partial charge is 0.339 e. The summed E-state index contributed by atoms with van der Waals surface area (Å²) < 4.78 is 13.5. The molecule has 110 valence electrons. The van der Waals surface area contributed by atoms with E-state index in [2.05, 4.69) is 5.32 Å². The molecule has 0 aromatic heterocycles. The van der Waals surface area contributed by atoms with Crippen molar-refractivity contribution in [2.75, 3.05) is 26.2 Å². The zero-order chi connectivity index (χ0) is 14.5. The summed E-state index contributed by atoms with van der Waals surface area (Å²) in [5.41, 5.74) is 0.247. The summed E-state index contributed by atoms with van der Waals surface area (Å²) in [4.78, 5) is 14.2. The second kappa shape index (κ2) is 7.04. The van der Waals surface area contributed by atoms with Crippen molar-refractivity contribution in [3.63, 3.8) is 0 Å². The van der Waals surface area contributed by atoms with Crippen molar-refractivity contribution in [3.8, 4) is 0 Å². The predicted molar refractivity (Wildman–Crippen MR) is 78.6 cm³/mol. The van der Waals surface area contributed by atoms with Gasteiger partial charge in [0.05, 0.1) is 10.6 Å². The van der Waals surface area contributed by atoms with E-state index in [1.54, 1.807) is 11.0 Å². The van der Waals surface area contributed by atoms with E-state index in [0.717, 1.165) is 25.9 Å². The second-order valence-corrected chi connectivity index (χ2v) is 5.54. The molecule has 5 heteroatoms. The van der Waals surface area contributed by atoms with Crippen LogP contribution in [0.5, 0.6) is 0 Å². The third-order valence-corrected chi connectivity index (χ3v) is 4.11. The lowest BCUT2D eigenvalue weighted by atomic mass is 9.98. The van der Waals surface area contributed by atoms with Gasteiger partial charge < -0.3 is 10.2 Å². The highest BCUT2D eigenvalue weighted by Gasteiger charge is 2.23. The van der Waals surface area contributed by atoms with Crippen molar-refractivity contribution in [1.82, 2.24) is 10.2 Å². The van der Waals surface area contributed by atoms with Crippen molar-refractivity contribution in [2.45, 2.75) is 19.8 Å². The van der Waals surface area contributed by atoms with Crippen LogP contribution in [0, 0.1) is 11.7 Å². The molecule has 1 N–H and O–H groups in total. The fourth-order valence-electron chi connectivity index (χ4n) is 2.59. The van der Waals surface area contributed by atoms with Crippen LogP contribution >= 0.6 is 11.6 Å². The van der Waals surface area contributed by atoms with Gasteiger partial charge in [-0.15, -0.1) is 0 Å². The minimum absolute atomic E-state index is 0.0854. The first kappa shape index (κ1) is 15.3. The smallest absolute Gasteiger partial charge is 0.255 e. The maximum atomic E-state index is 13.5. The molecule has 20 heavy (non-hydrogen) atoms. The lowest BCUT2D eigenvalue weighted by Crippen LogP contribution is -2.41. The number of amides is 1. The SMILES string of the molecule is CCN(CC1CCCNC1)C(=O)c1cccc(F)c1Cl. The highest BCUT2D eigenvalue weighted by molar-refractivity contribution is 6.34. The normalized spacial score (nSPS) is 18.9. The van der Waals surface area contributed by atoms with Crippen LogP contribution in [0.4, 0.5) is 4.39 Å². The van der Waals surface area contributed by atoms with Crippen LogP contribution in [0.3, 0.4) is 0 Å². The number of carbonyl (C=O) groups is 1. The van der Waals surface area contributed by atoms with E-state index in [4.69, 9.17) is 11.6 Å². The highest BCUT2D eigenvalue weighted by Crippen LogP contribution is 2.22. The summed E-state index contributed by atoms with van der Waals surface area (Å²) in [6.07, 6.45) is 2.25. The van der Waals surface area contributed by atoms with Gasteiger partial charge in [0.15, 0.2) is 0 Å². The van der Waals surface area contributed by atoms with Gasteiger partial charge in [0, 0.05) is 13.1 Å². The Hall–Kier alpha value is -1.13. The molecule has 0 spiro atoms. The molecule has 1 saturated heterocycles. The fourth-order valence-corrected chi connectivity index (χ4v) is 2.79. The Bertz CT molecular complexity index is 475. The number of benzene rings is 1. The quantitative estimate of drug-likeness (QED) is 0.927. The van der Waals surface area contributed by atoms with Crippen LogP contribution in [0.2, 0.25) is 5.02 Å². The molecular formula is C15H20ClFN2O. The highest BCUT2D eigenvalue weighted by atomic mass is 35.5. The van der Waals surface area contributed by atoms with E-state index in [1.807, 2.05) is 6.92 Å². The summed E-state index contributed by atoms with van der Waals surface area (Å²) in [7, 11) is 0. The lowest BCUT2D eigenvalue weighted by molar-refractivity contribution is 0.0728. The first-order valence-corrected chi connectivity index (χ1v) is 7.45. The molecule has 0 saturated carbocycles. The average molecular weight is 299 g/mol. The van der Waals surface area contributed by atoms with Crippen molar-refractivity contribution in [2.24, 2.45) is 5.92 Å². The molecule has 1 heterocycles. The van der Waals surface area contributed by atoms with Crippen LogP contribution < -0.4 is 5.32 Å². The molecule has 1 aliphatic heterocycles. The topological polar surface area (TPSA) is 32.3 Å². The number of halogens is 2. The van der Waals surface area contributed by atoms with E-state index >= 15 is 0 Å². The molecule has 1 atom stereocenters. The lowest BCUT2D eigenvalue weighted by Gasteiger charge is -2.29. The fraction of sp³-hybridized carbons (Fsp3) is 0.533. The monoisotopic (exact) mass is 298 g/mol. The molecule has 1 aromatic carbocycles. The number of nitrogens with zero attached hydrogens (tertiary/aromatic N) is 1. The summed E-state index contributed by atoms with van der Waals surface area (Å²) >= 11 is 5.90. The Morgan fingerprint density at radius 1 is 1.55 bits per heavy atom. The maximum Gasteiger partial charge on any atom is 0.255 e. The Morgan fingerprint density at radius 3 is 3.00 bits per heavy atom. The van der Waals surface area contributed by atoms with Gasteiger partial charge in [-0.1, -0.05) is 17.7 Å². The molecule has 1 unspecified atom stereocenters. The Morgan fingerprint density at radius 2 is 2.35 bits per heavy atom. The molecule has 1 aliphatic rings. The van der Waals surface area contributed by atoms with E-state index in [9.17, 15) is 9.18 Å². The van der Waals surface area contributed by atoms with Gasteiger partial charge in [-0.25, -0.2) is 4.39 Å². The van der Waals surface area contributed by atoms with Crippen molar-refractivity contribution < 1.29 is 9.18 Å². The molecule has 3 nitrogen and oxygen atoms in total. The van der Waals surface area contributed by atoms with Gasteiger partial charge in [-0.2, -0.15) is 0 Å². The summed E-state index contributed by atoms with van der Waals surface area (Å²) in [5.74, 6) is -0.282.